The van der Waals surface area contributed by atoms with Gasteiger partial charge in [-0.15, -0.1) is 6.42 Å². The maximum atomic E-state index is 11.9. The highest BCUT2D eigenvalue weighted by Gasteiger charge is 2.64. The van der Waals surface area contributed by atoms with Gasteiger partial charge in [-0.2, -0.15) is 0 Å². The van der Waals surface area contributed by atoms with Gasteiger partial charge in [0.05, 0.1) is 6.10 Å². The van der Waals surface area contributed by atoms with Crippen LogP contribution in [-0.4, -0.2) is 27.7 Å². The van der Waals surface area contributed by atoms with Crippen LogP contribution in [0.4, 0.5) is 0 Å². The fraction of sp³-hybridized carbons (Fsp3) is 0.762. The van der Waals surface area contributed by atoms with Crippen molar-refractivity contribution in [3.05, 3.63) is 11.6 Å². The van der Waals surface area contributed by atoms with Crippen LogP contribution in [0.25, 0.3) is 0 Å². The Balaban J connectivity index is 1.76. The number of Topliss-reactive ketones (excluding diaryl/α,β-unsaturated/α-hetero) is 1. The van der Waals surface area contributed by atoms with Gasteiger partial charge in [-0.1, -0.05) is 31.4 Å². The third-order valence-electron chi connectivity index (χ3n) is 8.35. The first-order chi connectivity index (χ1) is 11.2. The SMILES string of the molecule is C#CC1(O)CC[C@H]2[C@@H]3C(O)C=C4CC(=O)CC[C@]4(C)[C@@H]3CC[C@@]21C. The number of hydrogen-bond acceptors (Lipinski definition) is 3. The predicted octanol–water partition coefficient (Wildman–Crippen LogP) is 2.85. The zero-order valence-corrected chi connectivity index (χ0v) is 14.7. The van der Waals surface area contributed by atoms with Crippen molar-refractivity contribution in [2.24, 2.45) is 28.6 Å². The molecule has 0 amide bonds. The minimum atomic E-state index is -1.05. The maximum absolute atomic E-state index is 11.9. The van der Waals surface area contributed by atoms with E-state index in [1.165, 1.54) is 0 Å². The van der Waals surface area contributed by atoms with Gasteiger partial charge in [0.2, 0.25) is 0 Å². The molecule has 0 aliphatic heterocycles. The number of rotatable bonds is 0. The van der Waals surface area contributed by atoms with Crippen molar-refractivity contribution in [3.63, 3.8) is 0 Å². The highest BCUT2D eigenvalue weighted by Crippen LogP contribution is 2.66. The Hall–Kier alpha value is -1.11. The largest absolute Gasteiger partial charge is 0.389 e. The first kappa shape index (κ1) is 16.4. The van der Waals surface area contributed by atoms with E-state index in [0.717, 1.165) is 31.3 Å². The van der Waals surface area contributed by atoms with Crippen molar-refractivity contribution in [2.75, 3.05) is 0 Å². The number of ketones is 1. The summed E-state index contributed by atoms with van der Waals surface area (Å²) in [6.07, 6.45) is 12.6. The van der Waals surface area contributed by atoms with Crippen LogP contribution in [0.1, 0.15) is 58.8 Å². The highest BCUT2D eigenvalue weighted by molar-refractivity contribution is 5.82. The molecule has 4 aliphatic rings. The summed E-state index contributed by atoms with van der Waals surface area (Å²) in [5.74, 6) is 3.76. The fourth-order valence-electron chi connectivity index (χ4n) is 6.72. The second kappa shape index (κ2) is 4.96. The lowest BCUT2D eigenvalue weighted by Crippen LogP contribution is -2.57. The summed E-state index contributed by atoms with van der Waals surface area (Å²) in [6, 6.07) is 0. The monoisotopic (exact) mass is 328 g/mol. The first-order valence-corrected chi connectivity index (χ1v) is 9.36. The van der Waals surface area contributed by atoms with Crippen LogP contribution in [0.2, 0.25) is 0 Å². The Labute approximate surface area is 144 Å². The van der Waals surface area contributed by atoms with Crippen LogP contribution in [-0.2, 0) is 4.79 Å². The summed E-state index contributed by atoms with van der Waals surface area (Å²) in [5.41, 5.74) is -0.178. The normalized spacial score (nSPS) is 53.5. The molecule has 3 saturated carbocycles. The second-order valence-corrected chi connectivity index (χ2v) is 9.11. The minimum Gasteiger partial charge on any atom is -0.389 e. The summed E-state index contributed by atoms with van der Waals surface area (Å²) >= 11 is 0. The molecule has 0 heterocycles. The van der Waals surface area contributed by atoms with Gasteiger partial charge < -0.3 is 10.2 Å². The fourth-order valence-corrected chi connectivity index (χ4v) is 6.72. The third kappa shape index (κ3) is 1.85. The molecule has 24 heavy (non-hydrogen) atoms. The zero-order chi connectivity index (χ0) is 17.3. The van der Waals surface area contributed by atoms with E-state index >= 15 is 0 Å². The molecule has 4 aliphatic carbocycles. The van der Waals surface area contributed by atoms with Crippen molar-refractivity contribution >= 4 is 5.78 Å². The molecule has 0 saturated heterocycles. The van der Waals surface area contributed by atoms with Crippen LogP contribution in [0, 0.1) is 40.9 Å². The Kier molecular flexibility index (Phi) is 3.38. The van der Waals surface area contributed by atoms with Gasteiger partial charge in [-0.3, -0.25) is 4.79 Å². The van der Waals surface area contributed by atoms with Crippen LogP contribution >= 0.6 is 0 Å². The van der Waals surface area contributed by atoms with Gasteiger partial charge >= 0.3 is 0 Å². The molecule has 7 atom stereocenters. The molecule has 0 aromatic heterocycles. The van der Waals surface area contributed by atoms with Gasteiger partial charge in [0.1, 0.15) is 11.4 Å². The average Bonchev–Trinajstić information content (AvgIpc) is 2.82. The molecule has 3 nitrogen and oxygen atoms in total. The molecule has 130 valence electrons. The maximum Gasteiger partial charge on any atom is 0.136 e. The van der Waals surface area contributed by atoms with E-state index in [-0.39, 0.29) is 22.7 Å². The Morgan fingerprint density at radius 3 is 2.62 bits per heavy atom. The molecule has 0 radical (unpaired) electrons. The number of carbonyl (C=O) groups excluding carboxylic acids is 1. The Bertz CT molecular complexity index is 658. The number of aliphatic hydroxyl groups excluding tert-OH is 1. The van der Waals surface area contributed by atoms with Gasteiger partial charge in [0, 0.05) is 18.3 Å². The topological polar surface area (TPSA) is 57.5 Å². The Morgan fingerprint density at radius 2 is 1.92 bits per heavy atom. The van der Waals surface area contributed by atoms with Crippen LogP contribution in [0.3, 0.4) is 0 Å². The molecule has 0 aromatic carbocycles. The predicted molar refractivity (Wildman–Crippen MR) is 91.9 cm³/mol. The molecule has 0 aromatic rings. The van der Waals surface area contributed by atoms with E-state index in [4.69, 9.17) is 6.42 Å². The quantitative estimate of drug-likeness (QED) is 0.531. The number of terminal acetylenes is 1. The molecule has 2 unspecified atom stereocenters. The molecule has 4 rings (SSSR count). The summed E-state index contributed by atoms with van der Waals surface area (Å²) in [5, 5.41) is 21.9. The number of aliphatic hydroxyl groups is 2. The van der Waals surface area contributed by atoms with Crippen LogP contribution < -0.4 is 0 Å². The molecule has 0 bridgehead atoms. The van der Waals surface area contributed by atoms with E-state index in [1.807, 2.05) is 6.08 Å². The van der Waals surface area contributed by atoms with Gasteiger partial charge in [-0.05, 0) is 55.3 Å². The smallest absolute Gasteiger partial charge is 0.136 e. The summed E-state index contributed by atoms with van der Waals surface area (Å²) in [7, 11) is 0. The lowest BCUT2D eigenvalue weighted by Gasteiger charge is -2.59. The minimum absolute atomic E-state index is 0.0238. The summed E-state index contributed by atoms with van der Waals surface area (Å²) in [6.45, 7) is 4.42. The molecule has 3 fully saturated rings. The molecular formula is C21H28O3. The van der Waals surface area contributed by atoms with Crippen molar-refractivity contribution in [2.45, 2.75) is 70.5 Å². The third-order valence-corrected chi connectivity index (χ3v) is 8.35. The van der Waals surface area contributed by atoms with Gasteiger partial charge in [0.15, 0.2) is 0 Å². The van der Waals surface area contributed by atoms with Crippen molar-refractivity contribution in [1.29, 1.82) is 0 Å². The number of fused-ring (bicyclic) bond motifs is 5. The second-order valence-electron chi connectivity index (χ2n) is 9.11. The molecule has 0 spiro atoms. The number of hydrogen-bond donors (Lipinski definition) is 2. The summed E-state index contributed by atoms with van der Waals surface area (Å²) in [4.78, 5) is 11.9. The first-order valence-electron chi connectivity index (χ1n) is 9.36. The van der Waals surface area contributed by atoms with E-state index in [0.29, 0.717) is 31.0 Å². The number of allylic oxidation sites excluding steroid dienone is 1. The van der Waals surface area contributed by atoms with E-state index < -0.39 is 11.7 Å². The van der Waals surface area contributed by atoms with Crippen molar-refractivity contribution < 1.29 is 15.0 Å². The zero-order valence-electron chi connectivity index (χ0n) is 14.7. The lowest BCUT2D eigenvalue weighted by molar-refractivity contribution is -0.130. The molecule has 3 heteroatoms. The lowest BCUT2D eigenvalue weighted by atomic mass is 9.46. The highest BCUT2D eigenvalue weighted by atomic mass is 16.3. The van der Waals surface area contributed by atoms with Gasteiger partial charge in [-0.25, -0.2) is 0 Å². The van der Waals surface area contributed by atoms with Crippen LogP contribution in [0.15, 0.2) is 11.6 Å². The van der Waals surface area contributed by atoms with E-state index in [1.54, 1.807) is 0 Å². The van der Waals surface area contributed by atoms with Gasteiger partial charge in [0.25, 0.3) is 0 Å². The number of carbonyl (C=O) groups is 1. The van der Waals surface area contributed by atoms with E-state index in [2.05, 4.69) is 19.8 Å². The van der Waals surface area contributed by atoms with Crippen LogP contribution in [0.5, 0.6) is 0 Å². The van der Waals surface area contributed by atoms with Crippen molar-refractivity contribution in [3.8, 4) is 12.3 Å². The summed E-state index contributed by atoms with van der Waals surface area (Å²) < 4.78 is 0. The van der Waals surface area contributed by atoms with E-state index in [9.17, 15) is 15.0 Å². The molecule has 2 N–H and O–H groups in total. The average molecular weight is 328 g/mol. The molecular weight excluding hydrogens is 300 g/mol. The van der Waals surface area contributed by atoms with Crippen molar-refractivity contribution in [1.82, 2.24) is 0 Å². The standard InChI is InChI=1S/C21H28O3/c1-4-21(24)10-7-16-18-15(6-9-20(16,21)3)19(2)8-5-14(22)11-13(19)12-17(18)23/h1,12,15-18,23-24H,5-11H2,2-3H3/t15-,16+,17?,18-,19+,20+,21?/m1/s1. The Morgan fingerprint density at radius 1 is 1.21 bits per heavy atom.